The number of anilines is 2. The highest BCUT2D eigenvalue weighted by Gasteiger charge is 2.10. The van der Waals surface area contributed by atoms with E-state index in [2.05, 4.69) is 31.7 Å². The van der Waals surface area contributed by atoms with E-state index in [-0.39, 0.29) is 0 Å². The molecule has 3 rings (SSSR count). The predicted octanol–water partition coefficient (Wildman–Crippen LogP) is 2.29. The summed E-state index contributed by atoms with van der Waals surface area (Å²) in [5, 5.41) is 11.4. The topological polar surface area (TPSA) is 68.5 Å². The highest BCUT2D eigenvalue weighted by Crippen LogP contribution is 2.21. The fraction of sp³-hybridized carbons (Fsp3) is 0.231. The molecule has 0 saturated heterocycles. The van der Waals surface area contributed by atoms with E-state index in [9.17, 15) is 0 Å². The van der Waals surface area contributed by atoms with Gasteiger partial charge in [-0.05, 0) is 31.5 Å². The summed E-state index contributed by atoms with van der Waals surface area (Å²) in [6.07, 6.45) is 1.52. The highest BCUT2D eigenvalue weighted by molar-refractivity contribution is 5.84. The number of hydrogen-bond acceptors (Lipinski definition) is 5. The number of benzene rings is 1. The van der Waals surface area contributed by atoms with Crippen molar-refractivity contribution >= 4 is 22.7 Å². The van der Waals surface area contributed by atoms with E-state index in [1.54, 1.807) is 4.68 Å². The zero-order chi connectivity index (χ0) is 13.2. The molecular formula is C13H14N6. The molecule has 3 aromatic rings. The number of fused-ring (bicyclic) bond motifs is 1. The van der Waals surface area contributed by atoms with Crippen LogP contribution in [0.1, 0.15) is 12.5 Å². The minimum Gasteiger partial charge on any atom is -0.338 e. The van der Waals surface area contributed by atoms with Crippen LogP contribution < -0.4 is 5.32 Å². The Balaban J connectivity index is 2.03. The van der Waals surface area contributed by atoms with Crippen molar-refractivity contribution in [2.24, 2.45) is 0 Å². The molecule has 2 heterocycles. The Morgan fingerprint density at radius 1 is 1.26 bits per heavy atom. The second-order valence-corrected chi connectivity index (χ2v) is 4.29. The summed E-state index contributed by atoms with van der Waals surface area (Å²) in [6, 6.07) is 8.09. The zero-order valence-electron chi connectivity index (χ0n) is 10.8. The van der Waals surface area contributed by atoms with E-state index >= 15 is 0 Å². The third kappa shape index (κ3) is 2.12. The van der Waals surface area contributed by atoms with Gasteiger partial charge >= 0.3 is 0 Å². The minimum atomic E-state index is 0.676. The first kappa shape index (κ1) is 11.6. The van der Waals surface area contributed by atoms with Crippen molar-refractivity contribution in [1.29, 1.82) is 0 Å². The van der Waals surface area contributed by atoms with E-state index < -0.39 is 0 Å². The Bertz CT molecular complexity index is 718. The molecule has 0 bridgehead atoms. The van der Waals surface area contributed by atoms with Gasteiger partial charge in [0.25, 0.3) is 0 Å². The Labute approximate surface area is 110 Å². The third-order valence-corrected chi connectivity index (χ3v) is 2.88. The molecule has 0 atom stereocenters. The first-order valence-electron chi connectivity index (χ1n) is 6.16. The summed E-state index contributed by atoms with van der Waals surface area (Å²) in [5.74, 6) is 0.676. The average Bonchev–Trinajstić information content (AvgIpc) is 2.83. The van der Waals surface area contributed by atoms with Crippen LogP contribution >= 0.6 is 0 Å². The fourth-order valence-corrected chi connectivity index (χ4v) is 1.96. The lowest BCUT2D eigenvalue weighted by molar-refractivity contribution is 0.641. The second-order valence-electron chi connectivity index (χ2n) is 4.29. The van der Waals surface area contributed by atoms with Crippen molar-refractivity contribution in [2.75, 3.05) is 5.32 Å². The quantitative estimate of drug-likeness (QED) is 0.776. The normalized spacial score (nSPS) is 10.8. The summed E-state index contributed by atoms with van der Waals surface area (Å²) in [4.78, 5) is 8.46. The molecule has 6 heteroatoms. The Hall–Kier alpha value is -2.50. The van der Waals surface area contributed by atoms with Gasteiger partial charge in [0.15, 0.2) is 17.0 Å². The summed E-state index contributed by atoms with van der Waals surface area (Å²) in [5.41, 5.74) is 3.59. The second kappa shape index (κ2) is 4.64. The summed E-state index contributed by atoms with van der Waals surface area (Å²) >= 11 is 0. The maximum Gasteiger partial charge on any atom is 0.183 e. The Morgan fingerprint density at radius 3 is 2.95 bits per heavy atom. The maximum atomic E-state index is 4.24. The van der Waals surface area contributed by atoms with Gasteiger partial charge in [0, 0.05) is 12.2 Å². The fourth-order valence-electron chi connectivity index (χ4n) is 1.96. The summed E-state index contributed by atoms with van der Waals surface area (Å²) in [7, 11) is 0. The molecule has 96 valence electrons. The molecule has 0 radical (unpaired) electrons. The molecular weight excluding hydrogens is 240 g/mol. The number of nitrogens with zero attached hydrogens (tertiary/aromatic N) is 5. The molecule has 19 heavy (non-hydrogen) atoms. The van der Waals surface area contributed by atoms with E-state index in [4.69, 9.17) is 0 Å². The van der Waals surface area contributed by atoms with Gasteiger partial charge in [-0.3, -0.25) is 0 Å². The molecule has 0 saturated carbocycles. The van der Waals surface area contributed by atoms with E-state index in [0.29, 0.717) is 11.3 Å². The molecule has 0 aliphatic carbocycles. The molecule has 0 aliphatic heterocycles. The monoisotopic (exact) mass is 254 g/mol. The number of aromatic nitrogens is 5. The van der Waals surface area contributed by atoms with E-state index in [1.807, 2.05) is 32.0 Å². The molecule has 6 nitrogen and oxygen atoms in total. The van der Waals surface area contributed by atoms with Gasteiger partial charge in [0.05, 0.1) is 0 Å². The van der Waals surface area contributed by atoms with Crippen LogP contribution in [-0.4, -0.2) is 25.0 Å². The molecule has 1 aromatic carbocycles. The van der Waals surface area contributed by atoms with E-state index in [0.717, 1.165) is 17.9 Å². The van der Waals surface area contributed by atoms with Crippen LogP contribution in [0.5, 0.6) is 0 Å². The SMILES string of the molecule is CCn1nnc2c(Nc3cccc(C)c3)ncnc21. The first-order valence-corrected chi connectivity index (χ1v) is 6.16. The zero-order valence-corrected chi connectivity index (χ0v) is 10.8. The van der Waals surface area contributed by atoms with Crippen LogP contribution in [0.2, 0.25) is 0 Å². The van der Waals surface area contributed by atoms with Crippen molar-refractivity contribution in [3.63, 3.8) is 0 Å². The van der Waals surface area contributed by atoms with Crippen molar-refractivity contribution in [1.82, 2.24) is 25.0 Å². The number of hydrogen-bond donors (Lipinski definition) is 1. The summed E-state index contributed by atoms with van der Waals surface area (Å²) < 4.78 is 1.75. The van der Waals surface area contributed by atoms with Crippen LogP contribution in [-0.2, 0) is 6.54 Å². The number of nitrogens with one attached hydrogen (secondary N) is 1. The van der Waals surface area contributed by atoms with Gasteiger partial charge < -0.3 is 5.32 Å². The molecule has 0 amide bonds. The third-order valence-electron chi connectivity index (χ3n) is 2.88. The van der Waals surface area contributed by atoms with Crippen molar-refractivity contribution in [3.8, 4) is 0 Å². The summed E-state index contributed by atoms with van der Waals surface area (Å²) in [6.45, 7) is 4.79. The molecule has 0 fully saturated rings. The number of rotatable bonds is 3. The largest absolute Gasteiger partial charge is 0.338 e. The Morgan fingerprint density at radius 2 is 2.16 bits per heavy atom. The van der Waals surface area contributed by atoms with Gasteiger partial charge in [0.2, 0.25) is 0 Å². The molecule has 0 unspecified atom stereocenters. The van der Waals surface area contributed by atoms with Gasteiger partial charge in [-0.2, -0.15) is 0 Å². The molecule has 0 spiro atoms. The minimum absolute atomic E-state index is 0.676. The lowest BCUT2D eigenvalue weighted by Crippen LogP contribution is -1.99. The standard InChI is InChI=1S/C13H14N6/c1-3-19-13-11(17-18-19)12(14-8-15-13)16-10-6-4-5-9(2)7-10/h4-8H,3H2,1-2H3,(H,14,15,16). The van der Waals surface area contributed by atoms with Crippen molar-refractivity contribution < 1.29 is 0 Å². The van der Waals surface area contributed by atoms with Crippen molar-refractivity contribution in [2.45, 2.75) is 20.4 Å². The molecule has 0 aliphatic rings. The van der Waals surface area contributed by atoms with Crippen LogP contribution in [0.3, 0.4) is 0 Å². The van der Waals surface area contributed by atoms with E-state index in [1.165, 1.54) is 11.9 Å². The first-order chi connectivity index (χ1) is 9.28. The van der Waals surface area contributed by atoms with Crippen LogP contribution in [0.15, 0.2) is 30.6 Å². The maximum absolute atomic E-state index is 4.24. The lowest BCUT2D eigenvalue weighted by atomic mass is 10.2. The Kier molecular flexibility index (Phi) is 2.83. The van der Waals surface area contributed by atoms with Crippen LogP contribution in [0.4, 0.5) is 11.5 Å². The van der Waals surface area contributed by atoms with Crippen molar-refractivity contribution in [3.05, 3.63) is 36.2 Å². The van der Waals surface area contributed by atoms with Gasteiger partial charge in [-0.25, -0.2) is 14.6 Å². The predicted molar refractivity (Wildman–Crippen MR) is 73.3 cm³/mol. The van der Waals surface area contributed by atoms with Crippen LogP contribution in [0, 0.1) is 6.92 Å². The highest BCUT2D eigenvalue weighted by atomic mass is 15.4. The van der Waals surface area contributed by atoms with Gasteiger partial charge in [-0.15, -0.1) is 5.10 Å². The smallest absolute Gasteiger partial charge is 0.183 e. The molecule has 2 aromatic heterocycles. The number of aryl methyl sites for hydroxylation is 2. The lowest BCUT2D eigenvalue weighted by Gasteiger charge is -2.06. The van der Waals surface area contributed by atoms with Crippen LogP contribution in [0.25, 0.3) is 11.2 Å². The molecule has 1 N–H and O–H groups in total. The van der Waals surface area contributed by atoms with Gasteiger partial charge in [0.1, 0.15) is 6.33 Å². The van der Waals surface area contributed by atoms with Gasteiger partial charge in [-0.1, -0.05) is 17.3 Å². The average molecular weight is 254 g/mol.